The van der Waals surface area contributed by atoms with Crippen LogP contribution in [0.1, 0.15) is 31.0 Å². The van der Waals surface area contributed by atoms with E-state index in [1.54, 1.807) is 0 Å². The van der Waals surface area contributed by atoms with Crippen LogP contribution in [0.25, 0.3) is 0 Å². The van der Waals surface area contributed by atoms with Crippen molar-refractivity contribution < 1.29 is 4.79 Å². The molecule has 0 aliphatic carbocycles. The molecule has 20 heavy (non-hydrogen) atoms. The normalized spacial score (nSPS) is 11.9. The highest BCUT2D eigenvalue weighted by Crippen LogP contribution is 2.13. The summed E-state index contributed by atoms with van der Waals surface area (Å²) in [5.74, 6) is -0.0476. The lowest BCUT2D eigenvalue weighted by Gasteiger charge is -2.14. The molecule has 2 rings (SSSR count). The maximum atomic E-state index is 10.9. The zero-order valence-electron chi connectivity index (χ0n) is 11.9. The zero-order valence-corrected chi connectivity index (χ0v) is 11.9. The molecule has 2 aromatic rings. The molecule has 0 radical (unpaired) electrons. The molecule has 3 heteroatoms. The monoisotopic (exact) mass is 268 g/mol. The van der Waals surface area contributed by atoms with Gasteiger partial charge in [-0.25, -0.2) is 0 Å². The molecule has 2 aromatic carbocycles. The summed E-state index contributed by atoms with van der Waals surface area (Å²) in [6, 6.07) is 18.6. The molecule has 0 fully saturated rings. The summed E-state index contributed by atoms with van der Waals surface area (Å²) in [7, 11) is 0. The third-order valence-electron chi connectivity index (χ3n) is 3.19. The van der Waals surface area contributed by atoms with Crippen molar-refractivity contribution in [3.63, 3.8) is 0 Å². The van der Waals surface area contributed by atoms with Crippen LogP contribution in [0.4, 0.5) is 5.69 Å². The SMILES string of the molecule is CC(=O)Nc1ccc(CNC(C)c2ccccc2)cc1. The summed E-state index contributed by atoms with van der Waals surface area (Å²) in [4.78, 5) is 10.9. The van der Waals surface area contributed by atoms with Crippen LogP contribution in [0.5, 0.6) is 0 Å². The van der Waals surface area contributed by atoms with Crippen LogP contribution in [0.2, 0.25) is 0 Å². The van der Waals surface area contributed by atoms with Crippen molar-refractivity contribution in [2.45, 2.75) is 26.4 Å². The molecule has 0 aliphatic rings. The van der Waals surface area contributed by atoms with E-state index in [2.05, 4.69) is 41.8 Å². The highest BCUT2D eigenvalue weighted by atomic mass is 16.1. The van der Waals surface area contributed by atoms with Gasteiger partial charge in [-0.15, -0.1) is 0 Å². The van der Waals surface area contributed by atoms with Crippen molar-refractivity contribution in [2.75, 3.05) is 5.32 Å². The van der Waals surface area contributed by atoms with Crippen molar-refractivity contribution in [3.8, 4) is 0 Å². The van der Waals surface area contributed by atoms with Crippen molar-refractivity contribution in [3.05, 3.63) is 65.7 Å². The van der Waals surface area contributed by atoms with Crippen molar-refractivity contribution in [1.29, 1.82) is 0 Å². The number of carbonyl (C=O) groups is 1. The lowest BCUT2D eigenvalue weighted by molar-refractivity contribution is -0.114. The third kappa shape index (κ3) is 4.21. The van der Waals surface area contributed by atoms with Crippen LogP contribution in [-0.4, -0.2) is 5.91 Å². The van der Waals surface area contributed by atoms with Gasteiger partial charge in [0.05, 0.1) is 0 Å². The fourth-order valence-electron chi connectivity index (χ4n) is 2.04. The van der Waals surface area contributed by atoms with E-state index >= 15 is 0 Å². The van der Waals surface area contributed by atoms with E-state index in [4.69, 9.17) is 0 Å². The van der Waals surface area contributed by atoms with Crippen LogP contribution in [0, 0.1) is 0 Å². The van der Waals surface area contributed by atoms with Gasteiger partial charge < -0.3 is 10.6 Å². The van der Waals surface area contributed by atoms with Gasteiger partial charge in [0.1, 0.15) is 0 Å². The van der Waals surface area contributed by atoms with Gasteiger partial charge in [-0.3, -0.25) is 4.79 Å². The molecule has 2 N–H and O–H groups in total. The van der Waals surface area contributed by atoms with Crippen molar-refractivity contribution in [1.82, 2.24) is 5.32 Å². The summed E-state index contributed by atoms with van der Waals surface area (Å²) in [5, 5.41) is 6.25. The fraction of sp³-hybridized carbons (Fsp3) is 0.235. The van der Waals surface area contributed by atoms with Crippen molar-refractivity contribution >= 4 is 11.6 Å². The Morgan fingerprint density at radius 3 is 2.30 bits per heavy atom. The standard InChI is InChI=1S/C17H20N2O/c1-13(16-6-4-3-5-7-16)18-12-15-8-10-17(11-9-15)19-14(2)20/h3-11,13,18H,12H2,1-2H3,(H,19,20). The Bertz CT molecular complexity index is 549. The molecule has 3 nitrogen and oxygen atoms in total. The number of anilines is 1. The highest BCUT2D eigenvalue weighted by Gasteiger charge is 2.04. The molecule has 0 saturated heterocycles. The lowest BCUT2D eigenvalue weighted by Crippen LogP contribution is -2.18. The Hall–Kier alpha value is -2.13. The summed E-state index contributed by atoms with van der Waals surface area (Å²) in [6.45, 7) is 4.47. The average molecular weight is 268 g/mol. The van der Waals surface area contributed by atoms with Crippen LogP contribution >= 0.6 is 0 Å². The average Bonchev–Trinajstić information content (AvgIpc) is 2.46. The molecule has 1 amide bonds. The largest absolute Gasteiger partial charge is 0.326 e. The second-order valence-electron chi connectivity index (χ2n) is 4.89. The molecular weight excluding hydrogens is 248 g/mol. The minimum absolute atomic E-state index is 0.0476. The zero-order chi connectivity index (χ0) is 14.4. The highest BCUT2D eigenvalue weighted by molar-refractivity contribution is 5.88. The second-order valence-corrected chi connectivity index (χ2v) is 4.89. The number of nitrogens with one attached hydrogen (secondary N) is 2. The molecule has 0 spiro atoms. The predicted octanol–water partition coefficient (Wildman–Crippen LogP) is 3.50. The van der Waals surface area contributed by atoms with Gasteiger partial charge in [-0.1, -0.05) is 42.5 Å². The first kappa shape index (κ1) is 14.3. The molecular formula is C17H20N2O. The van der Waals surface area contributed by atoms with Gasteiger partial charge in [0.2, 0.25) is 5.91 Å². The first-order chi connectivity index (χ1) is 9.65. The minimum Gasteiger partial charge on any atom is -0.326 e. The van der Waals surface area contributed by atoms with Crippen molar-refractivity contribution in [2.24, 2.45) is 0 Å². The minimum atomic E-state index is -0.0476. The van der Waals surface area contributed by atoms with E-state index in [1.165, 1.54) is 18.1 Å². The van der Waals surface area contributed by atoms with Gasteiger partial charge >= 0.3 is 0 Å². The summed E-state index contributed by atoms with van der Waals surface area (Å²) in [6.07, 6.45) is 0. The van der Waals surface area contributed by atoms with E-state index in [9.17, 15) is 4.79 Å². The van der Waals surface area contributed by atoms with Crippen LogP contribution in [0.3, 0.4) is 0 Å². The number of rotatable bonds is 5. The molecule has 0 bridgehead atoms. The first-order valence-electron chi connectivity index (χ1n) is 6.80. The smallest absolute Gasteiger partial charge is 0.221 e. The van der Waals surface area contributed by atoms with Crippen LogP contribution in [-0.2, 0) is 11.3 Å². The van der Waals surface area contributed by atoms with E-state index in [0.717, 1.165) is 12.2 Å². The van der Waals surface area contributed by atoms with E-state index < -0.39 is 0 Å². The van der Waals surface area contributed by atoms with E-state index in [-0.39, 0.29) is 5.91 Å². The fourth-order valence-corrected chi connectivity index (χ4v) is 2.04. The Labute approximate surface area is 120 Å². The Morgan fingerprint density at radius 1 is 1.05 bits per heavy atom. The summed E-state index contributed by atoms with van der Waals surface area (Å²) in [5.41, 5.74) is 3.31. The van der Waals surface area contributed by atoms with Gasteiger partial charge in [-0.05, 0) is 30.2 Å². The van der Waals surface area contributed by atoms with Gasteiger partial charge in [0.15, 0.2) is 0 Å². The molecule has 0 aromatic heterocycles. The Morgan fingerprint density at radius 2 is 1.70 bits per heavy atom. The number of hydrogen-bond donors (Lipinski definition) is 2. The number of amides is 1. The molecule has 0 saturated carbocycles. The number of benzene rings is 2. The van der Waals surface area contributed by atoms with Gasteiger partial charge in [0, 0.05) is 25.2 Å². The van der Waals surface area contributed by atoms with Crippen LogP contribution < -0.4 is 10.6 Å². The number of hydrogen-bond acceptors (Lipinski definition) is 2. The van der Waals surface area contributed by atoms with Crippen LogP contribution in [0.15, 0.2) is 54.6 Å². The van der Waals surface area contributed by atoms with Gasteiger partial charge in [0.25, 0.3) is 0 Å². The van der Waals surface area contributed by atoms with Gasteiger partial charge in [-0.2, -0.15) is 0 Å². The predicted molar refractivity (Wildman–Crippen MR) is 82.4 cm³/mol. The molecule has 104 valence electrons. The molecule has 1 atom stereocenters. The van der Waals surface area contributed by atoms with E-state index in [0.29, 0.717) is 6.04 Å². The number of carbonyl (C=O) groups excluding carboxylic acids is 1. The second kappa shape index (κ2) is 6.87. The Balaban J connectivity index is 1.89. The van der Waals surface area contributed by atoms with E-state index in [1.807, 2.05) is 30.3 Å². The summed E-state index contributed by atoms with van der Waals surface area (Å²) < 4.78 is 0. The summed E-state index contributed by atoms with van der Waals surface area (Å²) >= 11 is 0. The molecule has 0 heterocycles. The third-order valence-corrected chi connectivity index (χ3v) is 3.19. The Kier molecular flexibility index (Phi) is 4.91. The molecule has 1 unspecified atom stereocenters. The maximum absolute atomic E-state index is 10.9. The quantitative estimate of drug-likeness (QED) is 0.871. The first-order valence-corrected chi connectivity index (χ1v) is 6.80. The lowest BCUT2D eigenvalue weighted by atomic mass is 10.1. The maximum Gasteiger partial charge on any atom is 0.221 e. The molecule has 0 aliphatic heterocycles. The topological polar surface area (TPSA) is 41.1 Å².